The molecule has 0 aliphatic rings. The van der Waals surface area contributed by atoms with Crippen LogP contribution in [0.2, 0.25) is 0 Å². The van der Waals surface area contributed by atoms with Crippen molar-refractivity contribution in [3.05, 3.63) is 36.0 Å². The second-order valence-electron chi connectivity index (χ2n) is 4.63. The number of carbonyl (C=O) groups excluding carboxylic acids is 1. The normalized spacial score (nSPS) is 14.2. The van der Waals surface area contributed by atoms with Gasteiger partial charge in [-0.1, -0.05) is 18.2 Å². The number of hydrogen-bond acceptors (Lipinski definition) is 4. The van der Waals surface area contributed by atoms with E-state index in [1.807, 2.05) is 30.5 Å². The fourth-order valence-electron chi connectivity index (χ4n) is 2.37. The quantitative estimate of drug-likeness (QED) is 0.788. The number of aromatic amines is 1. The highest BCUT2D eigenvalue weighted by Gasteiger charge is 2.29. The second kappa shape index (κ2) is 6.54. The minimum Gasteiger partial charge on any atom is -0.465 e. The largest absolute Gasteiger partial charge is 0.465 e. The van der Waals surface area contributed by atoms with Crippen LogP contribution in [0.4, 0.5) is 0 Å². The number of nitrogens with one attached hydrogen (secondary N) is 1. The van der Waals surface area contributed by atoms with Crippen LogP contribution in [-0.2, 0) is 14.3 Å². The van der Waals surface area contributed by atoms with Crippen LogP contribution in [0.15, 0.2) is 30.5 Å². The van der Waals surface area contributed by atoms with Crippen molar-refractivity contribution in [1.29, 1.82) is 0 Å². The number of nitrogens with two attached hydrogens (primary N) is 1. The molecule has 0 aliphatic carbocycles. The molecule has 3 N–H and O–H groups in total. The zero-order valence-corrected chi connectivity index (χ0v) is 11.8. The van der Waals surface area contributed by atoms with Gasteiger partial charge in [0.25, 0.3) is 0 Å². The SMILES string of the molecule is CCOC(=O)[C@@H](N)C(COC)c1c[nH]c2ccccc12. The third-order valence-corrected chi connectivity index (χ3v) is 3.36. The minimum absolute atomic E-state index is 0.241. The highest BCUT2D eigenvalue weighted by molar-refractivity contribution is 5.85. The fourth-order valence-corrected chi connectivity index (χ4v) is 2.37. The number of para-hydroxylation sites is 1. The van der Waals surface area contributed by atoms with Gasteiger partial charge < -0.3 is 20.2 Å². The molecule has 1 aromatic carbocycles. The molecule has 2 rings (SSSR count). The lowest BCUT2D eigenvalue weighted by molar-refractivity contribution is -0.145. The summed E-state index contributed by atoms with van der Waals surface area (Å²) in [7, 11) is 1.60. The Morgan fingerprint density at radius 2 is 2.15 bits per heavy atom. The van der Waals surface area contributed by atoms with E-state index in [0.29, 0.717) is 13.2 Å². The molecule has 0 radical (unpaired) electrons. The van der Waals surface area contributed by atoms with E-state index in [9.17, 15) is 4.79 Å². The van der Waals surface area contributed by atoms with Gasteiger partial charge in [0, 0.05) is 30.1 Å². The Labute approximate surface area is 118 Å². The zero-order chi connectivity index (χ0) is 14.5. The van der Waals surface area contributed by atoms with Gasteiger partial charge >= 0.3 is 5.97 Å². The van der Waals surface area contributed by atoms with Crippen molar-refractivity contribution in [3.63, 3.8) is 0 Å². The van der Waals surface area contributed by atoms with E-state index in [0.717, 1.165) is 16.5 Å². The first-order chi connectivity index (χ1) is 9.69. The lowest BCUT2D eigenvalue weighted by Crippen LogP contribution is -2.40. The Bertz CT molecular complexity index is 579. The molecule has 0 fully saturated rings. The summed E-state index contributed by atoms with van der Waals surface area (Å²) in [5, 5.41) is 1.05. The molecule has 20 heavy (non-hydrogen) atoms. The van der Waals surface area contributed by atoms with Crippen LogP contribution in [-0.4, -0.2) is 37.3 Å². The summed E-state index contributed by atoms with van der Waals surface area (Å²) in [6.07, 6.45) is 1.88. The van der Waals surface area contributed by atoms with Crippen LogP contribution in [0.3, 0.4) is 0 Å². The van der Waals surface area contributed by atoms with Gasteiger partial charge in [-0.05, 0) is 18.6 Å². The average Bonchev–Trinajstić information content (AvgIpc) is 2.88. The first-order valence-electron chi connectivity index (χ1n) is 6.66. The summed E-state index contributed by atoms with van der Waals surface area (Å²) < 4.78 is 10.2. The second-order valence-corrected chi connectivity index (χ2v) is 4.63. The molecule has 2 aromatic rings. The number of benzene rings is 1. The van der Waals surface area contributed by atoms with Crippen LogP contribution in [0.25, 0.3) is 10.9 Å². The van der Waals surface area contributed by atoms with Crippen molar-refractivity contribution in [2.24, 2.45) is 5.73 Å². The lowest BCUT2D eigenvalue weighted by Gasteiger charge is -2.21. The molecule has 0 spiro atoms. The average molecular weight is 276 g/mol. The highest BCUT2D eigenvalue weighted by atomic mass is 16.5. The van der Waals surface area contributed by atoms with Gasteiger partial charge in [-0.25, -0.2) is 0 Å². The van der Waals surface area contributed by atoms with Crippen LogP contribution < -0.4 is 5.73 Å². The topological polar surface area (TPSA) is 77.3 Å². The number of H-pyrrole nitrogens is 1. The molecule has 0 aliphatic heterocycles. The predicted octanol–water partition coefficient (Wildman–Crippen LogP) is 1.79. The van der Waals surface area contributed by atoms with Crippen molar-refractivity contribution in [2.75, 3.05) is 20.3 Å². The Morgan fingerprint density at radius 1 is 1.40 bits per heavy atom. The van der Waals surface area contributed by atoms with E-state index < -0.39 is 12.0 Å². The Morgan fingerprint density at radius 3 is 2.85 bits per heavy atom. The molecule has 1 aromatic heterocycles. The number of ether oxygens (including phenoxy) is 2. The Balaban J connectivity index is 2.35. The molecular formula is C15H20N2O3. The van der Waals surface area contributed by atoms with Gasteiger partial charge in [-0.15, -0.1) is 0 Å². The summed E-state index contributed by atoms with van der Waals surface area (Å²) in [5.74, 6) is -0.643. The molecule has 0 amide bonds. The van der Waals surface area contributed by atoms with Crippen molar-refractivity contribution in [3.8, 4) is 0 Å². The van der Waals surface area contributed by atoms with E-state index >= 15 is 0 Å². The molecule has 0 saturated heterocycles. The number of esters is 1. The smallest absolute Gasteiger partial charge is 0.323 e. The van der Waals surface area contributed by atoms with Crippen molar-refractivity contribution in [2.45, 2.75) is 18.9 Å². The first kappa shape index (κ1) is 14.6. The molecule has 0 saturated carbocycles. The lowest BCUT2D eigenvalue weighted by atomic mass is 9.92. The molecule has 1 heterocycles. The van der Waals surface area contributed by atoms with Crippen molar-refractivity contribution < 1.29 is 14.3 Å². The zero-order valence-electron chi connectivity index (χ0n) is 11.8. The van der Waals surface area contributed by atoms with E-state index in [4.69, 9.17) is 15.2 Å². The molecule has 1 unspecified atom stereocenters. The van der Waals surface area contributed by atoms with Gasteiger partial charge in [0.1, 0.15) is 6.04 Å². The standard InChI is InChI=1S/C15H20N2O3/c1-3-20-15(18)14(16)12(9-19-2)11-8-17-13-7-5-4-6-10(11)13/h4-8,12,14,17H,3,9,16H2,1-2H3/t12?,14-/m0/s1. The van der Waals surface area contributed by atoms with Crippen LogP contribution in [0.5, 0.6) is 0 Å². The summed E-state index contributed by atoms with van der Waals surface area (Å²) in [6.45, 7) is 2.45. The molecule has 5 heteroatoms. The number of hydrogen-bond donors (Lipinski definition) is 2. The minimum atomic E-state index is -0.742. The predicted molar refractivity (Wildman–Crippen MR) is 77.5 cm³/mol. The Hall–Kier alpha value is -1.85. The molecular weight excluding hydrogens is 256 g/mol. The van der Waals surface area contributed by atoms with Gasteiger partial charge in [0.2, 0.25) is 0 Å². The monoisotopic (exact) mass is 276 g/mol. The van der Waals surface area contributed by atoms with Crippen LogP contribution in [0.1, 0.15) is 18.4 Å². The van der Waals surface area contributed by atoms with Gasteiger partial charge in [-0.2, -0.15) is 0 Å². The third kappa shape index (κ3) is 2.84. The van der Waals surface area contributed by atoms with E-state index in [1.54, 1.807) is 14.0 Å². The van der Waals surface area contributed by atoms with Gasteiger partial charge in [-0.3, -0.25) is 4.79 Å². The first-order valence-corrected chi connectivity index (χ1v) is 6.66. The third-order valence-electron chi connectivity index (χ3n) is 3.36. The van der Waals surface area contributed by atoms with Gasteiger partial charge in [0.15, 0.2) is 0 Å². The summed E-state index contributed by atoms with van der Waals surface area (Å²) in [5.41, 5.74) is 8.04. The number of rotatable bonds is 6. The van der Waals surface area contributed by atoms with E-state index in [1.165, 1.54) is 0 Å². The number of aromatic nitrogens is 1. The Kier molecular flexibility index (Phi) is 4.76. The maximum Gasteiger partial charge on any atom is 0.323 e. The van der Waals surface area contributed by atoms with E-state index in [2.05, 4.69) is 4.98 Å². The summed E-state index contributed by atoms with van der Waals surface area (Å²) in [4.78, 5) is 15.1. The number of methoxy groups -OCH3 is 1. The number of carbonyl (C=O) groups is 1. The maximum atomic E-state index is 11.9. The summed E-state index contributed by atoms with van der Waals surface area (Å²) in [6, 6.07) is 7.16. The molecule has 5 nitrogen and oxygen atoms in total. The van der Waals surface area contributed by atoms with Crippen molar-refractivity contribution >= 4 is 16.9 Å². The van der Waals surface area contributed by atoms with Gasteiger partial charge in [0.05, 0.1) is 13.2 Å². The fraction of sp³-hybridized carbons (Fsp3) is 0.400. The van der Waals surface area contributed by atoms with Crippen molar-refractivity contribution in [1.82, 2.24) is 4.98 Å². The number of fused-ring (bicyclic) bond motifs is 1. The molecule has 108 valence electrons. The molecule has 0 bridgehead atoms. The van der Waals surface area contributed by atoms with Crippen LogP contribution >= 0.6 is 0 Å². The van der Waals surface area contributed by atoms with E-state index in [-0.39, 0.29) is 5.92 Å². The maximum absolute atomic E-state index is 11.9. The van der Waals surface area contributed by atoms with Crippen LogP contribution in [0, 0.1) is 0 Å². The molecule has 2 atom stereocenters. The summed E-state index contributed by atoms with van der Waals surface area (Å²) >= 11 is 0. The highest BCUT2D eigenvalue weighted by Crippen LogP contribution is 2.28.